The van der Waals surface area contributed by atoms with E-state index >= 15 is 0 Å². The maximum atomic E-state index is 11.9. The molecule has 112 valence electrons. The molecule has 0 N–H and O–H groups in total. The van der Waals surface area contributed by atoms with Crippen molar-refractivity contribution in [3.63, 3.8) is 0 Å². The predicted molar refractivity (Wildman–Crippen MR) is 74.8 cm³/mol. The third kappa shape index (κ3) is 4.45. The van der Waals surface area contributed by atoms with Crippen molar-refractivity contribution in [3.8, 4) is 0 Å². The van der Waals surface area contributed by atoms with Crippen LogP contribution < -0.4 is 0 Å². The summed E-state index contributed by atoms with van der Waals surface area (Å²) in [6.45, 7) is 0. The zero-order chi connectivity index (χ0) is 15.7. The van der Waals surface area contributed by atoms with Crippen LogP contribution in [-0.4, -0.2) is 33.3 Å². The van der Waals surface area contributed by atoms with E-state index in [-0.39, 0.29) is 10.0 Å². The number of benzene rings is 1. The van der Waals surface area contributed by atoms with Crippen LogP contribution in [0.4, 0.5) is 5.69 Å². The third-order valence-corrected chi connectivity index (χ3v) is 6.00. The second-order valence-corrected chi connectivity index (χ2v) is 9.34. The fraction of sp³-hybridized carbons (Fsp3) is 0.250. The number of hydrogen-bond donors (Lipinski definition) is 0. The first-order valence-corrected chi connectivity index (χ1v) is 9.61. The predicted octanol–water partition coefficient (Wildman–Crippen LogP) is 2.24. The van der Waals surface area contributed by atoms with Gasteiger partial charge in [-0.3, -0.25) is 10.1 Å². The van der Waals surface area contributed by atoms with Crippen LogP contribution in [0.1, 0.15) is 0 Å². The van der Waals surface area contributed by atoms with Gasteiger partial charge in [-0.1, -0.05) is 23.2 Å². The number of sulfone groups is 1. The van der Waals surface area contributed by atoms with E-state index in [1.807, 2.05) is 0 Å². The summed E-state index contributed by atoms with van der Waals surface area (Å²) in [5.74, 6) is -1.79. The normalized spacial score (nSPS) is 12.3. The molecule has 0 spiro atoms. The Morgan fingerprint density at radius 3 is 2.00 bits per heavy atom. The number of hydrogen-bond acceptors (Lipinski definition) is 6. The average Bonchev–Trinajstić information content (AvgIpc) is 2.28. The Hall–Kier alpha value is -0.610. The molecule has 0 saturated heterocycles. The van der Waals surface area contributed by atoms with Gasteiger partial charge in [-0.25, -0.2) is 16.8 Å². The lowest BCUT2D eigenvalue weighted by Crippen LogP contribution is -2.15. The second kappa shape index (κ2) is 6.02. The maximum absolute atomic E-state index is 11.9. The van der Waals surface area contributed by atoms with Crippen molar-refractivity contribution in [1.82, 2.24) is 0 Å². The highest BCUT2D eigenvalue weighted by atomic mass is 35.7. The van der Waals surface area contributed by atoms with Crippen LogP contribution in [0.15, 0.2) is 17.0 Å². The van der Waals surface area contributed by atoms with Crippen molar-refractivity contribution in [2.75, 3.05) is 11.5 Å². The Bertz CT molecular complexity index is 759. The Morgan fingerprint density at radius 2 is 1.55 bits per heavy atom. The van der Waals surface area contributed by atoms with E-state index in [2.05, 4.69) is 0 Å². The van der Waals surface area contributed by atoms with Crippen LogP contribution >= 0.6 is 33.9 Å². The molecule has 0 radical (unpaired) electrons. The average molecular weight is 383 g/mol. The SMILES string of the molecule is O=[N+]([O-])c1cc(Cl)c(Cl)cc1S(=O)(=O)CCS(=O)(=O)Cl. The fourth-order valence-corrected chi connectivity index (χ4v) is 4.83. The Kier molecular flexibility index (Phi) is 5.25. The number of rotatable bonds is 5. The second-order valence-electron chi connectivity index (χ2n) is 3.55. The van der Waals surface area contributed by atoms with Gasteiger partial charge in [0.15, 0.2) is 9.84 Å². The van der Waals surface area contributed by atoms with E-state index in [9.17, 15) is 26.9 Å². The minimum atomic E-state index is -4.26. The van der Waals surface area contributed by atoms with Gasteiger partial charge in [-0.05, 0) is 6.07 Å². The van der Waals surface area contributed by atoms with Gasteiger partial charge < -0.3 is 0 Å². The summed E-state index contributed by atoms with van der Waals surface area (Å²) in [6, 6.07) is 1.59. The first-order chi connectivity index (χ1) is 8.94. The van der Waals surface area contributed by atoms with Gasteiger partial charge in [0.1, 0.15) is 4.90 Å². The molecule has 12 heteroatoms. The van der Waals surface area contributed by atoms with E-state index in [0.29, 0.717) is 0 Å². The van der Waals surface area contributed by atoms with E-state index in [1.54, 1.807) is 0 Å². The van der Waals surface area contributed by atoms with Gasteiger partial charge in [0.25, 0.3) is 5.69 Å². The van der Waals surface area contributed by atoms with Crippen molar-refractivity contribution < 1.29 is 21.8 Å². The molecule has 1 aromatic rings. The highest BCUT2D eigenvalue weighted by Gasteiger charge is 2.28. The molecule has 1 rings (SSSR count). The molecule has 0 saturated carbocycles. The Balaban J connectivity index is 3.37. The van der Waals surface area contributed by atoms with Crippen LogP contribution in [0.2, 0.25) is 10.0 Å². The summed E-state index contributed by atoms with van der Waals surface area (Å²) in [5.41, 5.74) is -0.786. The standard InChI is InChI=1S/C8H6Cl3NO6S2/c9-5-3-7(12(13)14)8(4-6(5)10)19(15,16)1-2-20(11,17)18/h3-4H,1-2H2. The first kappa shape index (κ1) is 17.4. The Labute approximate surface area is 128 Å². The lowest BCUT2D eigenvalue weighted by atomic mass is 10.3. The minimum Gasteiger partial charge on any atom is -0.258 e. The number of nitro benzene ring substituents is 1. The zero-order valence-electron chi connectivity index (χ0n) is 9.42. The molecule has 0 amide bonds. The topological polar surface area (TPSA) is 111 Å². The molecule has 0 aliphatic rings. The highest BCUT2D eigenvalue weighted by Crippen LogP contribution is 2.33. The molecule has 0 bridgehead atoms. The maximum Gasteiger partial charge on any atom is 0.289 e. The summed E-state index contributed by atoms with van der Waals surface area (Å²) < 4.78 is 45.4. The van der Waals surface area contributed by atoms with Crippen molar-refractivity contribution in [2.24, 2.45) is 0 Å². The zero-order valence-corrected chi connectivity index (χ0v) is 13.3. The van der Waals surface area contributed by atoms with Crippen LogP contribution in [0.3, 0.4) is 0 Å². The highest BCUT2D eigenvalue weighted by molar-refractivity contribution is 8.14. The Morgan fingerprint density at radius 1 is 1.05 bits per heavy atom. The molecule has 0 unspecified atom stereocenters. The van der Waals surface area contributed by atoms with E-state index in [0.717, 1.165) is 12.1 Å². The lowest BCUT2D eigenvalue weighted by molar-refractivity contribution is -0.387. The fourth-order valence-electron chi connectivity index (χ4n) is 1.23. The van der Waals surface area contributed by atoms with Crippen molar-refractivity contribution in [1.29, 1.82) is 0 Å². The van der Waals surface area contributed by atoms with E-state index in [4.69, 9.17) is 33.9 Å². The van der Waals surface area contributed by atoms with Crippen LogP contribution in [0.25, 0.3) is 0 Å². The molecule has 1 aromatic carbocycles. The molecule has 0 aromatic heterocycles. The smallest absolute Gasteiger partial charge is 0.258 e. The molecule has 7 nitrogen and oxygen atoms in total. The van der Waals surface area contributed by atoms with Crippen LogP contribution in [-0.2, 0) is 18.9 Å². The van der Waals surface area contributed by atoms with Gasteiger partial charge in [0, 0.05) is 16.7 Å². The van der Waals surface area contributed by atoms with Crippen LogP contribution in [0.5, 0.6) is 0 Å². The van der Waals surface area contributed by atoms with Crippen molar-refractivity contribution >= 4 is 58.5 Å². The summed E-state index contributed by atoms with van der Waals surface area (Å²) in [7, 11) is -3.40. The first-order valence-electron chi connectivity index (χ1n) is 4.72. The summed E-state index contributed by atoms with van der Waals surface area (Å²) in [5, 5.41) is 10.4. The summed E-state index contributed by atoms with van der Waals surface area (Å²) >= 11 is 11.2. The summed E-state index contributed by atoms with van der Waals surface area (Å²) in [4.78, 5) is 9.16. The van der Waals surface area contributed by atoms with Gasteiger partial charge in [-0.2, -0.15) is 0 Å². The monoisotopic (exact) mass is 381 g/mol. The number of halogens is 3. The minimum absolute atomic E-state index is 0.192. The van der Waals surface area contributed by atoms with Gasteiger partial charge in [0.05, 0.1) is 26.5 Å². The molecule has 0 heterocycles. The lowest BCUT2D eigenvalue weighted by Gasteiger charge is -2.06. The quantitative estimate of drug-likeness (QED) is 0.438. The van der Waals surface area contributed by atoms with Gasteiger partial charge >= 0.3 is 0 Å². The molecule has 20 heavy (non-hydrogen) atoms. The van der Waals surface area contributed by atoms with E-state index in [1.165, 1.54) is 0 Å². The van der Waals surface area contributed by atoms with E-state index < -0.39 is 45.9 Å². The molecule has 0 atom stereocenters. The molecular weight excluding hydrogens is 377 g/mol. The third-order valence-electron chi connectivity index (χ3n) is 2.13. The largest absolute Gasteiger partial charge is 0.289 e. The molecule has 0 aliphatic heterocycles. The van der Waals surface area contributed by atoms with Crippen molar-refractivity contribution in [3.05, 3.63) is 32.3 Å². The van der Waals surface area contributed by atoms with Crippen LogP contribution in [0, 0.1) is 10.1 Å². The summed E-state index contributed by atoms with van der Waals surface area (Å²) in [6.07, 6.45) is 0. The van der Waals surface area contributed by atoms with Gasteiger partial charge in [-0.15, -0.1) is 0 Å². The number of nitro groups is 1. The molecule has 0 fully saturated rings. The molecular formula is C8H6Cl3NO6S2. The van der Waals surface area contributed by atoms with Crippen molar-refractivity contribution in [2.45, 2.75) is 4.90 Å². The molecule has 0 aliphatic carbocycles. The number of nitrogens with zero attached hydrogens (tertiary/aromatic N) is 1. The van der Waals surface area contributed by atoms with Gasteiger partial charge in [0.2, 0.25) is 9.05 Å².